The highest BCUT2D eigenvalue weighted by atomic mass is 16.4. The molecule has 1 atom stereocenters. The summed E-state index contributed by atoms with van der Waals surface area (Å²) in [6.07, 6.45) is 1.29. The number of imide groups is 1. The first-order chi connectivity index (χ1) is 15.8. The van der Waals surface area contributed by atoms with E-state index in [-0.39, 0.29) is 25.4 Å². The van der Waals surface area contributed by atoms with Crippen LogP contribution in [-0.2, 0) is 21.7 Å². The molecular weight excluding hydrogens is 420 g/mol. The number of fused-ring (bicyclic) bond motifs is 1. The molecule has 8 nitrogen and oxygen atoms in total. The molecule has 0 aliphatic carbocycles. The van der Waals surface area contributed by atoms with E-state index in [0.29, 0.717) is 5.56 Å². The second-order valence-electron chi connectivity index (χ2n) is 8.13. The lowest BCUT2D eigenvalue weighted by atomic mass is 9.90. The molecule has 0 aromatic heterocycles. The van der Waals surface area contributed by atoms with Gasteiger partial charge in [-0.3, -0.25) is 14.5 Å². The zero-order chi connectivity index (χ0) is 23.6. The SMILES string of the molecule is CC1(c2ccccc2)C(=O)N(Cc2ccc3ccc(C=NN)cc3c2)C(=O)N1CCC(=O)O. The number of carboxylic acid groups (broad SMARTS) is 1. The predicted molar refractivity (Wildman–Crippen MR) is 124 cm³/mol. The number of hydrogen-bond donors (Lipinski definition) is 2. The molecule has 1 heterocycles. The standard InChI is InChI=1S/C25H24N4O4/c1-25(21-5-3-2-4-6-21)23(32)28(24(33)29(25)12-11-22(30)31)16-18-8-10-19-9-7-17(15-27-26)13-20(19)14-18/h2-10,13-15H,11-12,16,26H2,1H3,(H,30,31). The Morgan fingerprint density at radius 1 is 1.06 bits per heavy atom. The maximum absolute atomic E-state index is 13.6. The Balaban J connectivity index is 1.69. The Morgan fingerprint density at radius 2 is 1.79 bits per heavy atom. The predicted octanol–water partition coefficient (Wildman–Crippen LogP) is 3.29. The van der Waals surface area contributed by atoms with Crippen LogP contribution in [0.2, 0.25) is 0 Å². The van der Waals surface area contributed by atoms with Gasteiger partial charge in [-0.25, -0.2) is 4.79 Å². The van der Waals surface area contributed by atoms with Crippen LogP contribution in [-0.4, -0.2) is 45.6 Å². The molecule has 1 fully saturated rings. The number of carboxylic acids is 1. The van der Waals surface area contributed by atoms with E-state index in [1.54, 1.807) is 37.4 Å². The van der Waals surface area contributed by atoms with Gasteiger partial charge in [0.1, 0.15) is 5.54 Å². The van der Waals surface area contributed by atoms with Gasteiger partial charge in [-0.1, -0.05) is 54.6 Å². The van der Waals surface area contributed by atoms with E-state index in [2.05, 4.69) is 5.10 Å². The van der Waals surface area contributed by atoms with Crippen molar-refractivity contribution >= 4 is 34.9 Å². The highest BCUT2D eigenvalue weighted by Gasteiger charge is 2.55. The number of benzene rings is 3. The summed E-state index contributed by atoms with van der Waals surface area (Å²) in [4.78, 5) is 40.7. The van der Waals surface area contributed by atoms with Crippen molar-refractivity contribution in [3.05, 3.63) is 83.4 Å². The first-order valence-corrected chi connectivity index (χ1v) is 10.5. The summed E-state index contributed by atoms with van der Waals surface area (Å²) in [5, 5.41) is 14.7. The minimum atomic E-state index is -1.28. The number of amides is 3. The molecular formula is C25H24N4O4. The Kier molecular flexibility index (Phi) is 5.83. The van der Waals surface area contributed by atoms with E-state index in [4.69, 9.17) is 5.84 Å². The summed E-state index contributed by atoms with van der Waals surface area (Å²) in [5.74, 6) is 3.84. The molecule has 3 N–H and O–H groups in total. The van der Waals surface area contributed by atoms with E-state index in [1.807, 2.05) is 42.5 Å². The number of hydrogen-bond acceptors (Lipinski definition) is 5. The molecule has 1 aliphatic rings. The third-order valence-electron chi connectivity index (χ3n) is 6.04. The fraction of sp³-hybridized carbons (Fsp3) is 0.200. The van der Waals surface area contributed by atoms with E-state index < -0.39 is 17.5 Å². The molecule has 0 saturated carbocycles. The lowest BCUT2D eigenvalue weighted by Gasteiger charge is -2.31. The van der Waals surface area contributed by atoms with E-state index in [0.717, 1.165) is 21.9 Å². The van der Waals surface area contributed by atoms with Gasteiger partial charge >= 0.3 is 12.0 Å². The van der Waals surface area contributed by atoms with E-state index in [9.17, 15) is 19.5 Å². The number of carbonyl (C=O) groups excluding carboxylic acids is 2. The molecule has 1 saturated heterocycles. The molecule has 0 spiro atoms. The number of nitrogens with zero attached hydrogens (tertiary/aromatic N) is 3. The smallest absolute Gasteiger partial charge is 0.328 e. The summed E-state index contributed by atoms with van der Waals surface area (Å²) in [5.41, 5.74) is 0.976. The van der Waals surface area contributed by atoms with Gasteiger partial charge in [-0.15, -0.1) is 0 Å². The van der Waals surface area contributed by atoms with Crippen molar-refractivity contribution < 1.29 is 19.5 Å². The lowest BCUT2D eigenvalue weighted by Crippen LogP contribution is -2.45. The van der Waals surface area contributed by atoms with Gasteiger partial charge in [0.2, 0.25) is 0 Å². The molecule has 1 aliphatic heterocycles. The molecule has 3 aromatic carbocycles. The first kappa shape index (κ1) is 22.0. The second kappa shape index (κ2) is 8.74. The number of rotatable bonds is 7. The molecule has 33 heavy (non-hydrogen) atoms. The Hall–Kier alpha value is -4.20. The molecule has 4 rings (SSSR count). The highest BCUT2D eigenvalue weighted by Crippen LogP contribution is 2.38. The van der Waals surface area contributed by atoms with Crippen LogP contribution in [0.3, 0.4) is 0 Å². The van der Waals surface area contributed by atoms with Crippen LogP contribution >= 0.6 is 0 Å². The number of hydrazone groups is 1. The van der Waals surface area contributed by atoms with Gasteiger partial charge < -0.3 is 15.8 Å². The largest absolute Gasteiger partial charge is 0.481 e. The minimum absolute atomic E-state index is 0.0682. The number of carbonyl (C=O) groups is 3. The van der Waals surface area contributed by atoms with Gasteiger partial charge in [0.05, 0.1) is 19.2 Å². The van der Waals surface area contributed by atoms with Gasteiger partial charge in [0, 0.05) is 6.54 Å². The maximum Gasteiger partial charge on any atom is 0.328 e. The normalized spacial score (nSPS) is 18.6. The fourth-order valence-corrected chi connectivity index (χ4v) is 4.27. The summed E-state index contributed by atoms with van der Waals surface area (Å²) in [6, 6.07) is 20.0. The van der Waals surface area contributed by atoms with Crippen LogP contribution in [0.5, 0.6) is 0 Å². The van der Waals surface area contributed by atoms with Crippen molar-refractivity contribution in [2.24, 2.45) is 10.9 Å². The van der Waals surface area contributed by atoms with E-state index in [1.165, 1.54) is 9.80 Å². The average molecular weight is 444 g/mol. The molecule has 168 valence electrons. The average Bonchev–Trinajstić information content (AvgIpc) is 2.99. The van der Waals surface area contributed by atoms with Crippen LogP contribution in [0, 0.1) is 0 Å². The number of urea groups is 1. The van der Waals surface area contributed by atoms with Crippen molar-refractivity contribution in [2.75, 3.05) is 6.54 Å². The highest BCUT2D eigenvalue weighted by molar-refractivity contribution is 6.07. The molecule has 3 amide bonds. The molecule has 0 bridgehead atoms. The number of aliphatic carboxylic acids is 1. The molecule has 1 unspecified atom stereocenters. The van der Waals surface area contributed by atoms with Crippen LogP contribution in [0.4, 0.5) is 4.79 Å². The van der Waals surface area contributed by atoms with Gasteiger partial charge in [0.15, 0.2) is 0 Å². The quantitative estimate of drug-likeness (QED) is 0.251. The molecule has 8 heteroatoms. The molecule has 0 radical (unpaired) electrons. The first-order valence-electron chi connectivity index (χ1n) is 10.5. The van der Waals surface area contributed by atoms with Gasteiger partial charge in [0.25, 0.3) is 5.91 Å². The van der Waals surface area contributed by atoms with Gasteiger partial charge in [-0.05, 0) is 46.5 Å². The van der Waals surface area contributed by atoms with Crippen molar-refractivity contribution in [3.8, 4) is 0 Å². The third-order valence-corrected chi connectivity index (χ3v) is 6.04. The summed E-state index contributed by atoms with van der Waals surface area (Å²) < 4.78 is 0. The third kappa shape index (κ3) is 4.03. The molecule has 3 aromatic rings. The lowest BCUT2D eigenvalue weighted by molar-refractivity contribution is -0.138. The van der Waals surface area contributed by atoms with E-state index >= 15 is 0 Å². The summed E-state index contributed by atoms with van der Waals surface area (Å²) in [6.45, 7) is 1.68. The Labute approximate surface area is 190 Å². The van der Waals surface area contributed by atoms with Crippen molar-refractivity contribution in [2.45, 2.75) is 25.4 Å². The number of nitrogens with two attached hydrogens (primary N) is 1. The minimum Gasteiger partial charge on any atom is -0.481 e. The van der Waals surface area contributed by atoms with Crippen molar-refractivity contribution in [1.29, 1.82) is 0 Å². The second-order valence-corrected chi connectivity index (χ2v) is 8.13. The van der Waals surface area contributed by atoms with Crippen molar-refractivity contribution in [3.63, 3.8) is 0 Å². The summed E-state index contributed by atoms with van der Waals surface area (Å²) >= 11 is 0. The Bertz CT molecular complexity index is 1260. The topological polar surface area (TPSA) is 116 Å². The van der Waals surface area contributed by atoms with Crippen LogP contribution in [0.25, 0.3) is 10.8 Å². The van der Waals surface area contributed by atoms with Gasteiger partial charge in [-0.2, -0.15) is 5.10 Å². The van der Waals surface area contributed by atoms with Crippen LogP contribution < -0.4 is 5.84 Å². The zero-order valence-electron chi connectivity index (χ0n) is 18.1. The fourth-order valence-electron chi connectivity index (χ4n) is 4.27. The maximum atomic E-state index is 13.6. The zero-order valence-corrected chi connectivity index (χ0v) is 18.1. The van der Waals surface area contributed by atoms with Crippen LogP contribution in [0.1, 0.15) is 30.0 Å². The van der Waals surface area contributed by atoms with Crippen molar-refractivity contribution in [1.82, 2.24) is 9.80 Å². The Morgan fingerprint density at radius 3 is 2.48 bits per heavy atom. The monoisotopic (exact) mass is 444 g/mol. The van der Waals surface area contributed by atoms with Crippen LogP contribution in [0.15, 0.2) is 71.8 Å². The summed E-state index contributed by atoms with van der Waals surface area (Å²) in [7, 11) is 0.